The van der Waals surface area contributed by atoms with E-state index in [9.17, 15) is 13.2 Å². The molecule has 1 amide bonds. The van der Waals surface area contributed by atoms with Crippen LogP contribution in [-0.4, -0.2) is 27.4 Å². The van der Waals surface area contributed by atoms with Crippen molar-refractivity contribution in [3.63, 3.8) is 0 Å². The number of amides is 1. The zero-order chi connectivity index (χ0) is 16.3. The molecule has 0 heterocycles. The highest BCUT2D eigenvalue weighted by Gasteiger charge is 2.26. The first-order valence-corrected chi connectivity index (χ1v) is 8.92. The second-order valence-corrected chi connectivity index (χ2v) is 7.60. The average molecular weight is 325 g/mol. The van der Waals surface area contributed by atoms with E-state index in [0.29, 0.717) is 17.7 Å². The van der Waals surface area contributed by atoms with Crippen molar-refractivity contribution in [3.8, 4) is 0 Å². The Kier molecular flexibility index (Phi) is 5.20. The van der Waals surface area contributed by atoms with Gasteiger partial charge in [0.2, 0.25) is 15.9 Å². The smallest absolute Gasteiger partial charge is 0.240 e. The lowest BCUT2D eigenvalue weighted by atomic mass is 10.00. The van der Waals surface area contributed by atoms with Crippen molar-refractivity contribution in [1.29, 1.82) is 0 Å². The van der Waals surface area contributed by atoms with E-state index in [1.54, 1.807) is 19.1 Å². The molecule has 22 heavy (non-hydrogen) atoms. The summed E-state index contributed by atoms with van der Waals surface area (Å²) in [4.78, 5) is 12.3. The van der Waals surface area contributed by atoms with Gasteiger partial charge in [-0.1, -0.05) is 12.5 Å². The minimum Gasteiger partial charge on any atom is -0.327 e. The lowest BCUT2D eigenvalue weighted by Gasteiger charge is -2.16. The highest BCUT2D eigenvalue weighted by Crippen LogP contribution is 2.28. The predicted octanol–water partition coefficient (Wildman–Crippen LogP) is 1.36. The SMILES string of the molecule is CNS(=O)(=O)c1cccc(NC(=O)C[C@@H]2CCC[C@H]2N)c1C. The van der Waals surface area contributed by atoms with E-state index in [-0.39, 0.29) is 22.8 Å². The van der Waals surface area contributed by atoms with Gasteiger partial charge in [0.15, 0.2) is 0 Å². The molecule has 0 saturated heterocycles. The molecule has 0 bridgehead atoms. The second-order valence-electron chi connectivity index (χ2n) is 5.74. The first-order valence-electron chi connectivity index (χ1n) is 7.43. The number of anilines is 1. The van der Waals surface area contributed by atoms with Crippen molar-refractivity contribution < 1.29 is 13.2 Å². The summed E-state index contributed by atoms with van der Waals surface area (Å²) in [5.74, 6) is 0.0917. The van der Waals surface area contributed by atoms with Crippen LogP contribution in [0.5, 0.6) is 0 Å². The van der Waals surface area contributed by atoms with Crippen LogP contribution in [0.15, 0.2) is 23.1 Å². The maximum Gasteiger partial charge on any atom is 0.240 e. The normalized spacial score (nSPS) is 21.8. The van der Waals surface area contributed by atoms with Gasteiger partial charge in [0.05, 0.1) is 4.90 Å². The average Bonchev–Trinajstić information content (AvgIpc) is 2.86. The van der Waals surface area contributed by atoms with Crippen LogP contribution in [0, 0.1) is 12.8 Å². The van der Waals surface area contributed by atoms with Crippen molar-refractivity contribution in [3.05, 3.63) is 23.8 Å². The Bertz CT molecular complexity index is 658. The molecule has 122 valence electrons. The summed E-state index contributed by atoms with van der Waals surface area (Å²) in [7, 11) is -2.18. The largest absolute Gasteiger partial charge is 0.327 e. The summed E-state index contributed by atoms with van der Waals surface area (Å²) in [5, 5.41) is 2.81. The number of hydrogen-bond donors (Lipinski definition) is 3. The molecule has 1 fully saturated rings. The maximum absolute atomic E-state index is 12.2. The molecular weight excluding hydrogens is 302 g/mol. The first kappa shape index (κ1) is 16.9. The molecule has 0 aromatic heterocycles. The van der Waals surface area contributed by atoms with Crippen molar-refractivity contribution in [2.75, 3.05) is 12.4 Å². The van der Waals surface area contributed by atoms with Gasteiger partial charge in [-0.2, -0.15) is 0 Å². The van der Waals surface area contributed by atoms with Crippen molar-refractivity contribution in [2.24, 2.45) is 11.7 Å². The number of rotatable bonds is 5. The molecule has 1 aliphatic rings. The highest BCUT2D eigenvalue weighted by atomic mass is 32.2. The Morgan fingerprint density at radius 3 is 2.68 bits per heavy atom. The maximum atomic E-state index is 12.2. The standard InChI is InChI=1S/C15H23N3O3S/c1-10-13(7-4-8-14(10)22(20,21)17-2)18-15(19)9-11-5-3-6-12(11)16/h4,7-8,11-12,17H,3,5-6,9,16H2,1-2H3,(H,18,19)/t11-,12+/m0/s1. The molecule has 0 aliphatic heterocycles. The van der Waals surface area contributed by atoms with Gasteiger partial charge < -0.3 is 11.1 Å². The molecule has 4 N–H and O–H groups in total. The Morgan fingerprint density at radius 2 is 2.09 bits per heavy atom. The fourth-order valence-corrected chi connectivity index (χ4v) is 3.90. The number of hydrogen-bond acceptors (Lipinski definition) is 4. The van der Waals surface area contributed by atoms with Crippen LogP contribution in [0.25, 0.3) is 0 Å². The van der Waals surface area contributed by atoms with Gasteiger partial charge in [-0.05, 0) is 50.4 Å². The number of sulfonamides is 1. The van der Waals surface area contributed by atoms with Crippen LogP contribution in [0.1, 0.15) is 31.2 Å². The van der Waals surface area contributed by atoms with E-state index >= 15 is 0 Å². The Labute approximate surface area is 131 Å². The molecule has 2 rings (SSSR count). The third kappa shape index (κ3) is 3.66. The fraction of sp³-hybridized carbons (Fsp3) is 0.533. The van der Waals surface area contributed by atoms with E-state index in [2.05, 4.69) is 10.0 Å². The van der Waals surface area contributed by atoms with E-state index < -0.39 is 10.0 Å². The van der Waals surface area contributed by atoms with Crippen LogP contribution < -0.4 is 15.8 Å². The number of nitrogens with two attached hydrogens (primary N) is 1. The summed E-state index contributed by atoms with van der Waals surface area (Å²) < 4.78 is 26.2. The molecule has 2 atom stereocenters. The zero-order valence-corrected chi connectivity index (χ0v) is 13.7. The summed E-state index contributed by atoms with van der Waals surface area (Å²) >= 11 is 0. The minimum atomic E-state index is -3.54. The van der Waals surface area contributed by atoms with E-state index in [1.807, 2.05) is 0 Å². The zero-order valence-electron chi connectivity index (χ0n) is 12.9. The number of benzene rings is 1. The molecular formula is C15H23N3O3S. The van der Waals surface area contributed by atoms with Gasteiger partial charge in [0.1, 0.15) is 0 Å². The summed E-state index contributed by atoms with van der Waals surface area (Å²) in [6.07, 6.45) is 3.38. The molecule has 6 nitrogen and oxygen atoms in total. The molecule has 1 saturated carbocycles. The third-order valence-corrected chi connectivity index (χ3v) is 5.84. The van der Waals surface area contributed by atoms with Crippen LogP contribution in [0.3, 0.4) is 0 Å². The van der Waals surface area contributed by atoms with Gasteiger partial charge in [-0.15, -0.1) is 0 Å². The quantitative estimate of drug-likeness (QED) is 0.761. The van der Waals surface area contributed by atoms with Crippen molar-refractivity contribution in [1.82, 2.24) is 4.72 Å². The summed E-state index contributed by atoms with van der Waals surface area (Å²) in [5.41, 5.74) is 7.03. The van der Waals surface area contributed by atoms with Gasteiger partial charge in [0, 0.05) is 18.2 Å². The van der Waals surface area contributed by atoms with Crippen molar-refractivity contribution in [2.45, 2.75) is 43.5 Å². The van der Waals surface area contributed by atoms with Crippen molar-refractivity contribution >= 4 is 21.6 Å². The van der Waals surface area contributed by atoms with Crippen LogP contribution >= 0.6 is 0 Å². The minimum absolute atomic E-state index is 0.0860. The molecule has 1 aromatic carbocycles. The molecule has 1 aromatic rings. The molecule has 0 radical (unpaired) electrons. The first-order chi connectivity index (χ1) is 10.3. The number of carbonyl (C=O) groups is 1. The number of carbonyl (C=O) groups excluding carboxylic acids is 1. The third-order valence-electron chi connectivity index (χ3n) is 4.28. The highest BCUT2D eigenvalue weighted by molar-refractivity contribution is 7.89. The lowest BCUT2D eigenvalue weighted by molar-refractivity contribution is -0.117. The second kappa shape index (κ2) is 6.76. The topological polar surface area (TPSA) is 101 Å². The van der Waals surface area contributed by atoms with Gasteiger partial charge in [-0.3, -0.25) is 4.79 Å². The van der Waals surface area contributed by atoms with E-state index in [4.69, 9.17) is 5.73 Å². The van der Waals surface area contributed by atoms with E-state index in [1.165, 1.54) is 13.1 Å². The molecule has 7 heteroatoms. The predicted molar refractivity (Wildman–Crippen MR) is 86.0 cm³/mol. The van der Waals surface area contributed by atoms with Crippen LogP contribution in [-0.2, 0) is 14.8 Å². The molecule has 0 spiro atoms. The number of nitrogens with one attached hydrogen (secondary N) is 2. The Balaban J connectivity index is 2.13. The van der Waals surface area contributed by atoms with E-state index in [0.717, 1.165) is 19.3 Å². The Morgan fingerprint density at radius 1 is 1.36 bits per heavy atom. The van der Waals surface area contributed by atoms with Crippen LogP contribution in [0.2, 0.25) is 0 Å². The molecule has 1 aliphatic carbocycles. The Hall–Kier alpha value is -1.44. The monoisotopic (exact) mass is 325 g/mol. The van der Waals surface area contributed by atoms with Crippen LogP contribution in [0.4, 0.5) is 5.69 Å². The van der Waals surface area contributed by atoms with Gasteiger partial charge in [-0.25, -0.2) is 13.1 Å². The lowest BCUT2D eigenvalue weighted by Crippen LogP contribution is -2.28. The molecule has 0 unspecified atom stereocenters. The summed E-state index contributed by atoms with van der Waals surface area (Å²) in [6, 6.07) is 4.93. The fourth-order valence-electron chi connectivity index (χ4n) is 2.91. The van der Waals surface area contributed by atoms with Gasteiger partial charge >= 0.3 is 0 Å². The summed E-state index contributed by atoms with van der Waals surface area (Å²) in [6.45, 7) is 1.68. The van der Waals surface area contributed by atoms with Gasteiger partial charge in [0.25, 0.3) is 0 Å².